The minimum Gasteiger partial charge on any atom is -0.359 e. The molecule has 0 heterocycles. The molecule has 5 N–H and O–H groups in total. The largest absolute Gasteiger partial charge is 0.359 e. The third-order valence-corrected chi connectivity index (χ3v) is 1.46. The van der Waals surface area contributed by atoms with Crippen LogP contribution in [0.25, 0.3) is 0 Å². The number of amides is 3. The van der Waals surface area contributed by atoms with Crippen molar-refractivity contribution in [3.05, 3.63) is 29.8 Å². The number of hydrogen-bond acceptors (Lipinski definition) is 2. The van der Waals surface area contributed by atoms with Crippen LogP contribution in [0.4, 0.5) is 10.5 Å². The first kappa shape index (κ1) is 10.6. The lowest BCUT2D eigenvalue weighted by molar-refractivity contribution is -0.112. The van der Waals surface area contributed by atoms with Gasteiger partial charge in [-0.1, -0.05) is 12.0 Å². The van der Waals surface area contributed by atoms with Gasteiger partial charge < -0.3 is 16.8 Å². The van der Waals surface area contributed by atoms with Gasteiger partial charge in [0.2, 0.25) is 0 Å². The van der Waals surface area contributed by atoms with Gasteiger partial charge in [0.05, 0.1) is 0 Å². The molecule has 0 saturated heterocycles. The summed E-state index contributed by atoms with van der Waals surface area (Å²) in [4.78, 5) is 20.9. The molecule has 0 spiro atoms. The molecule has 0 aliphatic heterocycles. The molecule has 1 aromatic carbocycles. The highest BCUT2D eigenvalue weighted by Crippen LogP contribution is 2.08. The Kier molecular flexibility index (Phi) is 3.30. The van der Waals surface area contributed by atoms with E-state index in [0.717, 1.165) is 0 Å². The van der Waals surface area contributed by atoms with Crippen molar-refractivity contribution in [3.63, 3.8) is 0 Å². The summed E-state index contributed by atoms with van der Waals surface area (Å²) >= 11 is 0. The highest BCUT2D eigenvalue weighted by atomic mass is 16.2. The molecule has 0 aliphatic rings. The Morgan fingerprint density at radius 2 is 2.00 bits per heavy atom. The summed E-state index contributed by atoms with van der Waals surface area (Å²) in [5, 5.41) is 2.39. The topological polar surface area (TPSA) is 98.2 Å². The number of anilines is 1. The predicted octanol–water partition coefficient (Wildman–Crippen LogP) is 0.0140. The third-order valence-electron chi connectivity index (χ3n) is 1.46. The van der Waals surface area contributed by atoms with Crippen molar-refractivity contribution in [1.29, 1.82) is 0 Å². The van der Waals surface area contributed by atoms with Crippen LogP contribution in [-0.4, -0.2) is 11.9 Å². The monoisotopic (exact) mass is 203 g/mol. The van der Waals surface area contributed by atoms with Gasteiger partial charge >= 0.3 is 6.03 Å². The van der Waals surface area contributed by atoms with Crippen molar-refractivity contribution < 1.29 is 9.59 Å². The Hall–Kier alpha value is -2.48. The lowest BCUT2D eigenvalue weighted by Gasteiger charge is -2.00. The van der Waals surface area contributed by atoms with Gasteiger partial charge in [-0.05, 0) is 24.1 Å². The molecular formula is C10H9N3O2. The molecule has 3 amide bonds. The minimum atomic E-state index is -0.705. The van der Waals surface area contributed by atoms with Gasteiger partial charge in [-0.25, -0.2) is 4.79 Å². The summed E-state index contributed by atoms with van der Waals surface area (Å²) in [5.74, 6) is 4.02. The summed E-state index contributed by atoms with van der Waals surface area (Å²) in [6, 6.07) is 5.94. The number of hydrogen-bond donors (Lipinski definition) is 3. The molecule has 0 aliphatic carbocycles. The lowest BCUT2D eigenvalue weighted by atomic mass is 10.2. The van der Waals surface area contributed by atoms with E-state index in [9.17, 15) is 9.59 Å². The first-order chi connectivity index (χ1) is 7.08. The van der Waals surface area contributed by atoms with Crippen LogP contribution in [0.3, 0.4) is 0 Å². The number of rotatable bonds is 1. The molecule has 5 nitrogen and oxygen atoms in total. The number of nitrogens with two attached hydrogens (primary N) is 2. The van der Waals surface area contributed by atoms with E-state index >= 15 is 0 Å². The zero-order valence-electron chi connectivity index (χ0n) is 7.78. The summed E-state index contributed by atoms with van der Waals surface area (Å²) in [5.41, 5.74) is 10.9. The van der Waals surface area contributed by atoms with E-state index < -0.39 is 11.9 Å². The van der Waals surface area contributed by atoms with Crippen molar-refractivity contribution in [2.45, 2.75) is 0 Å². The number of carbonyl (C=O) groups is 2. The molecule has 0 fully saturated rings. The van der Waals surface area contributed by atoms with Crippen LogP contribution in [-0.2, 0) is 4.79 Å². The van der Waals surface area contributed by atoms with Crippen LogP contribution >= 0.6 is 0 Å². The van der Waals surface area contributed by atoms with Gasteiger partial charge in [-0.2, -0.15) is 0 Å². The molecule has 0 aromatic heterocycles. The second kappa shape index (κ2) is 4.67. The molecule has 0 saturated carbocycles. The molecular weight excluding hydrogens is 194 g/mol. The van der Waals surface area contributed by atoms with Gasteiger partial charge in [0.25, 0.3) is 5.91 Å². The van der Waals surface area contributed by atoms with Gasteiger partial charge in [0.15, 0.2) is 0 Å². The molecule has 5 heteroatoms. The van der Waals surface area contributed by atoms with E-state index in [0.29, 0.717) is 11.3 Å². The van der Waals surface area contributed by atoms with Gasteiger partial charge in [-0.15, -0.1) is 0 Å². The standard InChI is InChI=1S/C10H9N3O2/c11-9(14)5-4-7-2-1-3-8(6-7)13-10(12)15/h1-3,6H,(H2,11,14)(H3,12,13,15). The molecule has 15 heavy (non-hydrogen) atoms. The predicted molar refractivity (Wildman–Crippen MR) is 55.7 cm³/mol. The molecule has 0 radical (unpaired) electrons. The number of nitrogens with one attached hydrogen (secondary N) is 1. The molecule has 76 valence electrons. The van der Waals surface area contributed by atoms with Crippen LogP contribution in [0, 0.1) is 11.8 Å². The van der Waals surface area contributed by atoms with Gasteiger partial charge in [0.1, 0.15) is 0 Å². The van der Waals surface area contributed by atoms with E-state index in [1.807, 2.05) is 0 Å². The minimum absolute atomic E-state index is 0.513. The molecule has 1 aromatic rings. The zero-order chi connectivity index (χ0) is 11.3. The van der Waals surface area contributed by atoms with Gasteiger partial charge in [-0.3, -0.25) is 4.79 Å². The van der Waals surface area contributed by atoms with Crippen LogP contribution in [0.2, 0.25) is 0 Å². The van der Waals surface area contributed by atoms with Crippen molar-refractivity contribution in [1.82, 2.24) is 0 Å². The van der Waals surface area contributed by atoms with E-state index in [2.05, 4.69) is 17.2 Å². The number of benzene rings is 1. The number of carbonyl (C=O) groups excluding carboxylic acids is 2. The van der Waals surface area contributed by atoms with E-state index in [1.54, 1.807) is 24.3 Å². The van der Waals surface area contributed by atoms with Crippen LogP contribution in [0.1, 0.15) is 5.56 Å². The Balaban J connectivity index is 2.89. The second-order valence-corrected chi connectivity index (χ2v) is 2.68. The smallest absolute Gasteiger partial charge is 0.316 e. The second-order valence-electron chi connectivity index (χ2n) is 2.68. The highest BCUT2D eigenvalue weighted by Gasteiger charge is 1.95. The van der Waals surface area contributed by atoms with Crippen LogP contribution in [0.5, 0.6) is 0 Å². The fraction of sp³-hybridized carbons (Fsp3) is 0. The Labute approximate surface area is 86.4 Å². The van der Waals surface area contributed by atoms with Crippen molar-refractivity contribution in [2.75, 3.05) is 5.32 Å². The maximum absolute atomic E-state index is 10.5. The van der Waals surface area contributed by atoms with Crippen molar-refractivity contribution in [2.24, 2.45) is 11.5 Å². The molecule has 1 rings (SSSR count). The maximum Gasteiger partial charge on any atom is 0.316 e. The SMILES string of the molecule is NC(=O)C#Cc1cccc(NC(N)=O)c1. The van der Waals surface area contributed by atoms with Gasteiger partial charge in [0, 0.05) is 11.3 Å². The third kappa shape index (κ3) is 3.83. The van der Waals surface area contributed by atoms with E-state index in [4.69, 9.17) is 11.5 Å². The number of primary amides is 2. The summed E-state index contributed by atoms with van der Waals surface area (Å²) < 4.78 is 0. The molecule has 0 atom stereocenters. The summed E-state index contributed by atoms with van der Waals surface area (Å²) in [7, 11) is 0. The Morgan fingerprint density at radius 1 is 1.27 bits per heavy atom. The highest BCUT2D eigenvalue weighted by molar-refractivity contribution is 5.92. The quantitative estimate of drug-likeness (QED) is 0.560. The zero-order valence-corrected chi connectivity index (χ0v) is 7.78. The number of urea groups is 1. The Bertz CT molecular complexity index is 457. The first-order valence-electron chi connectivity index (χ1n) is 4.06. The molecule has 0 bridgehead atoms. The maximum atomic E-state index is 10.5. The van der Waals surface area contributed by atoms with E-state index in [-0.39, 0.29) is 0 Å². The first-order valence-corrected chi connectivity index (χ1v) is 4.06. The average molecular weight is 203 g/mol. The Morgan fingerprint density at radius 3 is 2.60 bits per heavy atom. The molecule has 0 unspecified atom stereocenters. The van der Waals surface area contributed by atoms with E-state index in [1.165, 1.54) is 0 Å². The summed E-state index contributed by atoms with van der Waals surface area (Å²) in [6.07, 6.45) is 0. The van der Waals surface area contributed by atoms with Crippen molar-refractivity contribution >= 4 is 17.6 Å². The fourth-order valence-electron chi connectivity index (χ4n) is 0.951. The van der Waals surface area contributed by atoms with Crippen LogP contribution in [0.15, 0.2) is 24.3 Å². The average Bonchev–Trinajstić information content (AvgIpc) is 2.14. The van der Waals surface area contributed by atoms with Crippen LogP contribution < -0.4 is 16.8 Å². The lowest BCUT2D eigenvalue weighted by Crippen LogP contribution is -2.19. The fourth-order valence-corrected chi connectivity index (χ4v) is 0.951. The summed E-state index contributed by atoms with van der Waals surface area (Å²) in [6.45, 7) is 0. The van der Waals surface area contributed by atoms with Crippen molar-refractivity contribution in [3.8, 4) is 11.8 Å². The normalized spacial score (nSPS) is 8.53.